The van der Waals surface area contributed by atoms with Gasteiger partial charge in [-0.2, -0.15) is 8.42 Å². The lowest BCUT2D eigenvalue weighted by Gasteiger charge is -2.28. The molecule has 0 spiro atoms. The molecule has 2 aromatic rings. The van der Waals surface area contributed by atoms with Gasteiger partial charge in [0.25, 0.3) is 0 Å². The molecular weight excluding hydrogens is 344 g/mol. The topological polar surface area (TPSA) is 95.9 Å². The molecule has 0 bridgehead atoms. The van der Waals surface area contributed by atoms with E-state index in [-0.39, 0.29) is 12.3 Å². The van der Waals surface area contributed by atoms with E-state index in [1.807, 2.05) is 35.1 Å². The van der Waals surface area contributed by atoms with Gasteiger partial charge in [-0.1, -0.05) is 36.4 Å². The molecule has 2 aromatic carbocycles. The molecule has 0 saturated heterocycles. The van der Waals surface area contributed by atoms with Crippen molar-refractivity contribution < 1.29 is 22.5 Å². The van der Waals surface area contributed by atoms with Gasteiger partial charge in [0.15, 0.2) is 0 Å². The number of carbonyl (C=O) groups is 1. The van der Waals surface area contributed by atoms with Gasteiger partial charge in [-0.05, 0) is 35.2 Å². The number of amides is 1. The summed E-state index contributed by atoms with van der Waals surface area (Å²) in [6, 6.07) is 14.4. The Balaban J connectivity index is 1.65. The third-order valence-electron chi connectivity index (χ3n) is 3.93. The van der Waals surface area contributed by atoms with E-state index in [0.29, 0.717) is 19.5 Å². The number of nitrogens with one attached hydrogen (secondary N) is 1. The van der Waals surface area contributed by atoms with Gasteiger partial charge in [0, 0.05) is 13.1 Å². The summed E-state index contributed by atoms with van der Waals surface area (Å²) in [5, 5.41) is 0. The molecule has 1 aliphatic heterocycles. The third kappa shape index (κ3) is 4.71. The zero-order valence-electron chi connectivity index (χ0n) is 13.4. The summed E-state index contributed by atoms with van der Waals surface area (Å²) in [6.45, 7) is 1.06. The maximum atomic E-state index is 12.2. The second kappa shape index (κ2) is 7.12. The average Bonchev–Trinajstić information content (AvgIpc) is 2.58. The van der Waals surface area contributed by atoms with Crippen LogP contribution in [0.25, 0.3) is 0 Å². The van der Waals surface area contributed by atoms with Crippen molar-refractivity contribution in [2.75, 3.05) is 11.3 Å². The molecule has 0 aliphatic carbocycles. The fourth-order valence-electron chi connectivity index (χ4n) is 2.74. The van der Waals surface area contributed by atoms with Crippen molar-refractivity contribution in [2.24, 2.45) is 0 Å². The van der Waals surface area contributed by atoms with Crippen molar-refractivity contribution in [3.63, 3.8) is 0 Å². The average molecular weight is 362 g/mol. The molecular formula is C17H18N2O5S. The highest BCUT2D eigenvalue weighted by Gasteiger charge is 2.22. The Labute approximate surface area is 146 Å². The predicted molar refractivity (Wildman–Crippen MR) is 92.4 cm³/mol. The Kier molecular flexibility index (Phi) is 4.91. The highest BCUT2D eigenvalue weighted by Crippen LogP contribution is 2.23. The first kappa shape index (κ1) is 17.2. The van der Waals surface area contributed by atoms with Crippen LogP contribution >= 0.6 is 0 Å². The van der Waals surface area contributed by atoms with Gasteiger partial charge in [0.1, 0.15) is 6.61 Å². The van der Waals surface area contributed by atoms with Crippen molar-refractivity contribution in [2.45, 2.75) is 19.6 Å². The van der Waals surface area contributed by atoms with E-state index in [1.165, 1.54) is 0 Å². The molecule has 0 unspecified atom stereocenters. The lowest BCUT2D eigenvalue weighted by molar-refractivity contribution is 0.0918. The zero-order chi connectivity index (χ0) is 17.9. The fraction of sp³-hybridized carbons (Fsp3) is 0.235. The quantitative estimate of drug-likeness (QED) is 0.815. The summed E-state index contributed by atoms with van der Waals surface area (Å²) in [5.41, 5.74) is 3.01. The number of carbonyl (C=O) groups excluding carboxylic acids is 1. The van der Waals surface area contributed by atoms with Gasteiger partial charge in [0.2, 0.25) is 0 Å². The summed E-state index contributed by atoms with van der Waals surface area (Å²) in [4.78, 5) is 13.8. The first-order valence-corrected chi connectivity index (χ1v) is 9.17. The minimum absolute atomic E-state index is 0.202. The molecule has 25 heavy (non-hydrogen) atoms. The summed E-state index contributed by atoms with van der Waals surface area (Å²) in [7, 11) is -4.33. The number of hydrogen-bond acceptors (Lipinski definition) is 4. The maximum absolute atomic E-state index is 12.2. The third-order valence-corrected chi connectivity index (χ3v) is 4.42. The molecule has 0 fully saturated rings. The summed E-state index contributed by atoms with van der Waals surface area (Å²) in [6.07, 6.45) is 0.240. The molecule has 1 aliphatic rings. The van der Waals surface area contributed by atoms with E-state index in [9.17, 15) is 13.2 Å². The van der Waals surface area contributed by atoms with Gasteiger partial charge in [-0.25, -0.2) is 4.79 Å². The van der Waals surface area contributed by atoms with E-state index in [0.717, 1.165) is 16.7 Å². The SMILES string of the molecule is O=C(OCc1ccccc1)N1CCc2ccc(NS(=O)(=O)O)cc2C1. The monoisotopic (exact) mass is 362 g/mol. The van der Waals surface area contributed by atoms with Gasteiger partial charge in [-0.3, -0.25) is 9.27 Å². The lowest BCUT2D eigenvalue weighted by Crippen LogP contribution is -2.36. The number of anilines is 1. The van der Waals surface area contributed by atoms with E-state index in [4.69, 9.17) is 9.29 Å². The predicted octanol–water partition coefficient (Wildman–Crippen LogP) is 2.60. The minimum Gasteiger partial charge on any atom is -0.445 e. The van der Waals surface area contributed by atoms with Crippen LogP contribution in [0.4, 0.5) is 10.5 Å². The Morgan fingerprint density at radius 2 is 1.92 bits per heavy atom. The molecule has 0 radical (unpaired) electrons. The van der Waals surface area contributed by atoms with Crippen molar-refractivity contribution in [1.29, 1.82) is 0 Å². The van der Waals surface area contributed by atoms with Gasteiger partial charge in [0.05, 0.1) is 5.69 Å². The van der Waals surface area contributed by atoms with Gasteiger partial charge >= 0.3 is 16.4 Å². The fourth-order valence-corrected chi connectivity index (χ4v) is 3.16. The van der Waals surface area contributed by atoms with Crippen LogP contribution < -0.4 is 4.72 Å². The second-order valence-corrected chi connectivity index (χ2v) is 6.93. The smallest absolute Gasteiger partial charge is 0.410 e. The highest BCUT2D eigenvalue weighted by molar-refractivity contribution is 7.87. The van der Waals surface area contributed by atoms with E-state index < -0.39 is 16.4 Å². The van der Waals surface area contributed by atoms with Crippen LogP contribution in [0.5, 0.6) is 0 Å². The van der Waals surface area contributed by atoms with Crippen LogP contribution in [0.15, 0.2) is 48.5 Å². The van der Waals surface area contributed by atoms with Gasteiger partial charge < -0.3 is 9.64 Å². The minimum atomic E-state index is -4.33. The number of nitrogens with zero attached hydrogens (tertiary/aromatic N) is 1. The number of hydrogen-bond donors (Lipinski definition) is 2. The van der Waals surface area contributed by atoms with Crippen LogP contribution in [0.2, 0.25) is 0 Å². The van der Waals surface area contributed by atoms with Crippen molar-refractivity contribution >= 4 is 22.1 Å². The molecule has 3 rings (SSSR count). The van der Waals surface area contributed by atoms with Crippen LogP contribution in [-0.2, 0) is 34.6 Å². The van der Waals surface area contributed by atoms with Crippen LogP contribution in [0.1, 0.15) is 16.7 Å². The van der Waals surface area contributed by atoms with E-state index in [1.54, 1.807) is 23.1 Å². The Morgan fingerprint density at radius 3 is 2.64 bits per heavy atom. The molecule has 1 heterocycles. The Bertz CT molecular complexity index is 868. The molecule has 1 amide bonds. The molecule has 132 valence electrons. The van der Waals surface area contributed by atoms with Crippen LogP contribution in [0, 0.1) is 0 Å². The van der Waals surface area contributed by atoms with Crippen LogP contribution in [0.3, 0.4) is 0 Å². The van der Waals surface area contributed by atoms with Crippen molar-refractivity contribution in [3.8, 4) is 0 Å². The molecule has 0 saturated carbocycles. The first-order chi connectivity index (χ1) is 11.9. The normalized spacial score (nSPS) is 13.9. The lowest BCUT2D eigenvalue weighted by atomic mass is 9.99. The Morgan fingerprint density at radius 1 is 1.16 bits per heavy atom. The second-order valence-electron chi connectivity index (χ2n) is 5.77. The van der Waals surface area contributed by atoms with E-state index >= 15 is 0 Å². The maximum Gasteiger partial charge on any atom is 0.410 e. The summed E-state index contributed by atoms with van der Waals surface area (Å²) >= 11 is 0. The number of ether oxygens (including phenoxy) is 1. The van der Waals surface area contributed by atoms with Crippen molar-refractivity contribution in [3.05, 3.63) is 65.2 Å². The largest absolute Gasteiger partial charge is 0.445 e. The number of benzene rings is 2. The first-order valence-electron chi connectivity index (χ1n) is 7.73. The molecule has 2 N–H and O–H groups in total. The molecule has 8 heteroatoms. The molecule has 0 atom stereocenters. The molecule has 7 nitrogen and oxygen atoms in total. The molecule has 0 aromatic heterocycles. The van der Waals surface area contributed by atoms with E-state index in [2.05, 4.69) is 0 Å². The number of rotatable bonds is 4. The van der Waals surface area contributed by atoms with Gasteiger partial charge in [-0.15, -0.1) is 0 Å². The van der Waals surface area contributed by atoms with Crippen molar-refractivity contribution in [1.82, 2.24) is 4.90 Å². The highest BCUT2D eigenvalue weighted by atomic mass is 32.2. The standard InChI is InChI=1S/C17H18N2O5S/c20-17(24-12-13-4-2-1-3-5-13)19-9-8-14-6-7-16(10-15(14)11-19)18-25(21,22)23/h1-7,10,18H,8-9,11-12H2,(H,21,22,23). The number of fused-ring (bicyclic) bond motifs is 1. The Hall–Kier alpha value is -2.58. The summed E-state index contributed by atoms with van der Waals surface area (Å²) < 4.78 is 38.1. The zero-order valence-corrected chi connectivity index (χ0v) is 14.2. The van der Waals surface area contributed by atoms with Crippen LogP contribution in [-0.4, -0.2) is 30.5 Å². The summed E-state index contributed by atoms with van der Waals surface area (Å²) in [5.74, 6) is 0.